The van der Waals surface area contributed by atoms with E-state index in [0.29, 0.717) is 17.7 Å². The van der Waals surface area contributed by atoms with E-state index >= 15 is 0 Å². The van der Waals surface area contributed by atoms with Crippen LogP contribution in [0.15, 0.2) is 54.1 Å². The molecular weight excluding hydrogens is 366 g/mol. The Morgan fingerprint density at radius 3 is 2.24 bits per heavy atom. The molecule has 0 atom stereocenters. The van der Waals surface area contributed by atoms with E-state index in [1.54, 1.807) is 13.1 Å². The van der Waals surface area contributed by atoms with Crippen molar-refractivity contribution in [2.24, 2.45) is 5.73 Å². The van der Waals surface area contributed by atoms with Gasteiger partial charge in [-0.05, 0) is 66.9 Å². The molecule has 1 aliphatic rings. The number of amides is 2. The van der Waals surface area contributed by atoms with Crippen LogP contribution >= 0.6 is 0 Å². The maximum absolute atomic E-state index is 12.5. The Morgan fingerprint density at radius 1 is 1.00 bits per heavy atom. The highest BCUT2D eigenvalue weighted by Gasteiger charge is 2.17. The summed E-state index contributed by atoms with van der Waals surface area (Å²) in [6.07, 6.45) is 1.85. The molecule has 2 amide bonds. The fourth-order valence-electron chi connectivity index (χ4n) is 3.63. The number of hydrogen-bond donors (Lipinski definition) is 3. The van der Waals surface area contributed by atoms with E-state index in [0.717, 1.165) is 42.6 Å². The summed E-state index contributed by atoms with van der Waals surface area (Å²) in [7, 11) is 1.67. The summed E-state index contributed by atoms with van der Waals surface area (Å²) < 4.78 is 0. The number of piperidine rings is 1. The smallest absolute Gasteiger partial charge is 0.253 e. The van der Waals surface area contributed by atoms with Gasteiger partial charge in [-0.2, -0.15) is 0 Å². The van der Waals surface area contributed by atoms with E-state index in [2.05, 4.69) is 5.32 Å². The minimum absolute atomic E-state index is 0.0686. The van der Waals surface area contributed by atoms with Crippen molar-refractivity contribution in [3.63, 3.8) is 0 Å². The van der Waals surface area contributed by atoms with Crippen LogP contribution in [0.25, 0.3) is 5.57 Å². The molecule has 29 heavy (non-hydrogen) atoms. The molecule has 2 aromatic rings. The second-order valence-corrected chi connectivity index (χ2v) is 7.20. The van der Waals surface area contributed by atoms with E-state index in [4.69, 9.17) is 10.8 Å². The van der Waals surface area contributed by atoms with Gasteiger partial charge in [0.15, 0.2) is 0 Å². The van der Waals surface area contributed by atoms with Crippen molar-refractivity contribution < 1.29 is 14.7 Å². The average Bonchev–Trinajstić information content (AvgIpc) is 2.75. The van der Waals surface area contributed by atoms with Crippen LogP contribution in [0.3, 0.4) is 0 Å². The molecule has 2 aromatic carbocycles. The Kier molecular flexibility index (Phi) is 6.80. The molecule has 1 aliphatic heterocycles. The Labute approximate surface area is 171 Å². The predicted octanol–water partition coefficient (Wildman–Crippen LogP) is 2.04. The molecule has 4 N–H and O–H groups in total. The molecule has 6 heteroatoms. The second kappa shape index (κ2) is 9.49. The number of nitrogens with one attached hydrogen (secondary N) is 1. The fraction of sp³-hybridized carbons (Fsp3) is 0.304. The number of benzene rings is 2. The topological polar surface area (TPSA) is 95.7 Å². The lowest BCUT2D eigenvalue weighted by molar-refractivity contribution is 0.0767. The monoisotopic (exact) mass is 393 g/mol. The number of rotatable bonds is 6. The Bertz CT molecular complexity index is 911. The minimum Gasteiger partial charge on any atom is -0.395 e. The number of hydrogen-bond acceptors (Lipinski definition) is 4. The van der Waals surface area contributed by atoms with Gasteiger partial charge in [0.2, 0.25) is 5.91 Å². The number of nitrogens with zero attached hydrogens (tertiary/aromatic N) is 1. The highest BCUT2D eigenvalue weighted by Crippen LogP contribution is 2.32. The Balaban J connectivity index is 2.01. The second-order valence-electron chi connectivity index (χ2n) is 7.20. The zero-order valence-electron chi connectivity index (χ0n) is 16.6. The summed E-state index contributed by atoms with van der Waals surface area (Å²) >= 11 is 0. The molecule has 0 spiro atoms. The summed E-state index contributed by atoms with van der Waals surface area (Å²) in [5.74, 6) is -0.577. The number of aliphatic hydroxyl groups is 1. The van der Waals surface area contributed by atoms with E-state index in [-0.39, 0.29) is 12.5 Å². The zero-order chi connectivity index (χ0) is 20.8. The van der Waals surface area contributed by atoms with Crippen molar-refractivity contribution in [3.05, 3.63) is 76.4 Å². The summed E-state index contributed by atoms with van der Waals surface area (Å²) in [5, 5.41) is 12.4. The summed E-state index contributed by atoms with van der Waals surface area (Å²) in [5.41, 5.74) is 10.9. The van der Waals surface area contributed by atoms with E-state index in [9.17, 15) is 9.59 Å². The first kappa shape index (κ1) is 20.8. The van der Waals surface area contributed by atoms with E-state index < -0.39 is 5.91 Å². The molecule has 0 saturated carbocycles. The number of primary amides is 1. The van der Waals surface area contributed by atoms with Crippen molar-refractivity contribution in [1.82, 2.24) is 10.2 Å². The van der Waals surface area contributed by atoms with Crippen LogP contribution in [0.5, 0.6) is 0 Å². The molecule has 0 bridgehead atoms. The van der Waals surface area contributed by atoms with Crippen LogP contribution in [0.1, 0.15) is 44.7 Å². The van der Waals surface area contributed by atoms with Gasteiger partial charge in [0.1, 0.15) is 0 Å². The third-order valence-electron chi connectivity index (χ3n) is 5.20. The van der Waals surface area contributed by atoms with Gasteiger partial charge in [0, 0.05) is 24.7 Å². The maximum Gasteiger partial charge on any atom is 0.253 e. The van der Waals surface area contributed by atoms with Crippen molar-refractivity contribution in [2.75, 3.05) is 33.3 Å². The van der Waals surface area contributed by atoms with Gasteiger partial charge >= 0.3 is 0 Å². The van der Waals surface area contributed by atoms with Crippen LogP contribution in [0, 0.1) is 0 Å². The molecule has 0 unspecified atom stereocenters. The van der Waals surface area contributed by atoms with Gasteiger partial charge in [0.25, 0.3) is 5.91 Å². The third kappa shape index (κ3) is 4.91. The highest BCUT2D eigenvalue weighted by molar-refractivity contribution is 5.96. The molecule has 0 radical (unpaired) electrons. The lowest BCUT2D eigenvalue weighted by Gasteiger charge is -2.22. The zero-order valence-corrected chi connectivity index (χ0v) is 16.6. The fourth-order valence-corrected chi connectivity index (χ4v) is 3.63. The van der Waals surface area contributed by atoms with Crippen LogP contribution in [-0.4, -0.2) is 55.1 Å². The van der Waals surface area contributed by atoms with Crippen molar-refractivity contribution in [3.8, 4) is 0 Å². The van der Waals surface area contributed by atoms with Crippen LogP contribution < -0.4 is 11.1 Å². The predicted molar refractivity (Wildman–Crippen MR) is 114 cm³/mol. The first-order valence-corrected chi connectivity index (χ1v) is 9.81. The first-order chi connectivity index (χ1) is 14.0. The van der Waals surface area contributed by atoms with Gasteiger partial charge in [-0.3, -0.25) is 9.59 Å². The quantitative estimate of drug-likeness (QED) is 0.700. The van der Waals surface area contributed by atoms with Crippen LogP contribution in [0.2, 0.25) is 0 Å². The molecule has 0 aliphatic carbocycles. The molecule has 152 valence electrons. The summed E-state index contributed by atoms with van der Waals surface area (Å²) in [4.78, 5) is 25.6. The van der Waals surface area contributed by atoms with Gasteiger partial charge in [-0.15, -0.1) is 0 Å². The lowest BCUT2D eigenvalue weighted by atomic mass is 9.88. The van der Waals surface area contributed by atoms with E-state index in [1.807, 2.05) is 42.5 Å². The standard InChI is InChI=1S/C23H27N3O3/c1-26(13-14-27)23(29)18-7-5-16(6-8-18)21(17-9-11-25-12-10-17)19-3-2-4-20(15-19)22(24)28/h2-8,15,25,27H,9-14H2,1H3,(H2,24,28). The number of carbonyl (C=O) groups excluding carboxylic acids is 2. The lowest BCUT2D eigenvalue weighted by Crippen LogP contribution is -2.29. The van der Waals surface area contributed by atoms with Gasteiger partial charge in [-0.25, -0.2) is 0 Å². The highest BCUT2D eigenvalue weighted by atomic mass is 16.3. The van der Waals surface area contributed by atoms with Crippen molar-refractivity contribution >= 4 is 17.4 Å². The molecule has 1 heterocycles. The maximum atomic E-state index is 12.5. The molecular formula is C23H27N3O3. The minimum atomic E-state index is -0.450. The van der Waals surface area contributed by atoms with Gasteiger partial charge < -0.3 is 21.1 Å². The molecule has 0 aromatic heterocycles. The third-order valence-corrected chi connectivity index (χ3v) is 5.20. The van der Waals surface area contributed by atoms with Crippen molar-refractivity contribution in [2.45, 2.75) is 12.8 Å². The van der Waals surface area contributed by atoms with Crippen molar-refractivity contribution in [1.29, 1.82) is 0 Å². The average molecular weight is 393 g/mol. The summed E-state index contributed by atoms with van der Waals surface area (Å²) in [6.45, 7) is 2.05. The largest absolute Gasteiger partial charge is 0.395 e. The Morgan fingerprint density at radius 2 is 1.62 bits per heavy atom. The molecule has 1 saturated heterocycles. The SMILES string of the molecule is CN(CCO)C(=O)c1ccc(C(=C2CCNCC2)c2cccc(C(N)=O)c2)cc1. The molecule has 6 nitrogen and oxygen atoms in total. The number of carbonyl (C=O) groups is 2. The number of nitrogens with two attached hydrogens (primary N) is 1. The number of aliphatic hydroxyl groups excluding tert-OH is 1. The summed E-state index contributed by atoms with van der Waals surface area (Å²) in [6, 6.07) is 14.9. The van der Waals surface area contributed by atoms with Crippen LogP contribution in [-0.2, 0) is 0 Å². The Hall–Kier alpha value is -2.96. The van der Waals surface area contributed by atoms with Gasteiger partial charge in [-0.1, -0.05) is 29.8 Å². The first-order valence-electron chi connectivity index (χ1n) is 9.81. The van der Waals surface area contributed by atoms with Crippen LogP contribution in [0.4, 0.5) is 0 Å². The molecule has 1 fully saturated rings. The number of likely N-dealkylation sites (N-methyl/N-ethyl adjacent to an activating group) is 1. The van der Waals surface area contributed by atoms with E-state index in [1.165, 1.54) is 10.5 Å². The normalized spacial score (nSPS) is 13.8. The molecule has 3 rings (SSSR count). The van der Waals surface area contributed by atoms with Gasteiger partial charge in [0.05, 0.1) is 6.61 Å².